The zero-order chi connectivity index (χ0) is 88.7. The number of ether oxygens (including phenoxy) is 2. The van der Waals surface area contributed by atoms with E-state index in [9.17, 15) is 23.6 Å². The van der Waals surface area contributed by atoms with E-state index >= 15 is 0 Å². The molecule has 4 aromatic carbocycles. The van der Waals surface area contributed by atoms with Gasteiger partial charge in [-0.15, -0.1) is 45.3 Å². The van der Waals surface area contributed by atoms with Gasteiger partial charge in [0.05, 0.1) is 70.5 Å². The molecule has 4 bridgehead atoms. The highest BCUT2D eigenvalue weighted by Crippen LogP contribution is 2.41. The quantitative estimate of drug-likeness (QED) is 0.0543. The van der Waals surface area contributed by atoms with Crippen molar-refractivity contribution in [3.63, 3.8) is 0 Å². The lowest BCUT2D eigenvalue weighted by Gasteiger charge is -2.43. The lowest BCUT2D eigenvalue weighted by molar-refractivity contribution is -0.0606. The van der Waals surface area contributed by atoms with E-state index in [0.717, 1.165) is 186 Å². The van der Waals surface area contributed by atoms with Crippen LogP contribution in [0.25, 0.3) is 41.1 Å². The SMILES string of the molecule is Cc1ccc2c(N)c(C(=O)N[C@@H]3CCc4cc(N5CC6CCCC(C5)O6)ccc4C3)sc2n1.Cc1cnc2c(N)c(C(=O)N[C@@H]3CCc4cc(N5CC6CCCC(C5)O6)ccc4C3)sc2n1.Cc1cnc2c(N)c(C(=O)N[C@H]3CCc4cc(N5CCNC[C@@H](F)C5)ccc4C3)sc2n1.Cc1ncc2c(N)c(C(=O)N[C@@H]3CCc4cc(N5CCCNCC5)ccc4C3)sc2n1. The first-order chi connectivity index (χ1) is 62.6. The number of fused-ring (bicyclic) bond motifs is 12. The number of morpholine rings is 2. The number of benzene rings is 4. The molecule has 4 amide bonds. The number of aryl methyl sites for hydroxylation is 8. The molecule has 674 valence electrons. The maximum atomic E-state index is 14.0. The average molecular weight is 1820 g/mol. The molecule has 27 nitrogen and oxygen atoms in total. The second-order valence-corrected chi connectivity index (χ2v) is 40.4. The van der Waals surface area contributed by atoms with Crippen molar-refractivity contribution in [3.8, 4) is 0 Å². The van der Waals surface area contributed by atoms with Crippen LogP contribution in [0.2, 0.25) is 0 Å². The smallest absolute Gasteiger partial charge is 0.263 e. The van der Waals surface area contributed by atoms with Crippen LogP contribution in [0.15, 0.2) is 104 Å². The molecular formula is C97H114FN21O6S4. The van der Waals surface area contributed by atoms with Gasteiger partial charge in [0, 0.05) is 142 Å². The highest BCUT2D eigenvalue weighted by molar-refractivity contribution is 7.22. The van der Waals surface area contributed by atoms with Gasteiger partial charge in [0.1, 0.15) is 61.9 Å². The van der Waals surface area contributed by atoms with E-state index in [4.69, 9.17) is 32.4 Å². The number of aromatic nitrogens is 7. The van der Waals surface area contributed by atoms with Crippen LogP contribution in [0.5, 0.6) is 0 Å². The van der Waals surface area contributed by atoms with Crippen molar-refractivity contribution in [2.75, 3.05) is 121 Å². The summed E-state index contributed by atoms with van der Waals surface area (Å²) in [4.78, 5) is 97.3. The van der Waals surface area contributed by atoms with Crippen LogP contribution in [0.4, 0.5) is 49.9 Å². The number of nitrogens with one attached hydrogen (secondary N) is 6. The number of nitrogens with zero attached hydrogens (tertiary/aromatic N) is 11. The molecule has 9 atom stereocenters. The van der Waals surface area contributed by atoms with Gasteiger partial charge in [0.15, 0.2) is 0 Å². The van der Waals surface area contributed by atoms with Crippen molar-refractivity contribution in [1.29, 1.82) is 0 Å². The van der Waals surface area contributed by atoms with E-state index in [1.165, 1.54) is 152 Å². The minimum absolute atomic E-state index is 0.0470. The van der Waals surface area contributed by atoms with Crippen LogP contribution in [-0.2, 0) is 60.8 Å². The van der Waals surface area contributed by atoms with Gasteiger partial charge in [-0.25, -0.2) is 39.3 Å². The number of pyridine rings is 1. The van der Waals surface area contributed by atoms with Crippen molar-refractivity contribution in [2.24, 2.45) is 0 Å². The van der Waals surface area contributed by atoms with Gasteiger partial charge in [-0.05, 0) is 261 Å². The molecule has 22 rings (SSSR count). The first kappa shape index (κ1) is 87.5. The Balaban J connectivity index is 0.000000112. The van der Waals surface area contributed by atoms with Gasteiger partial charge in [0.2, 0.25) is 0 Å². The van der Waals surface area contributed by atoms with Gasteiger partial charge in [-0.1, -0.05) is 24.3 Å². The van der Waals surface area contributed by atoms with Crippen LogP contribution in [0.3, 0.4) is 0 Å². The number of anilines is 8. The number of hydrogen-bond acceptors (Lipinski definition) is 27. The number of nitrogen functional groups attached to an aromatic ring is 4. The Labute approximate surface area is 766 Å². The molecule has 4 aliphatic carbocycles. The van der Waals surface area contributed by atoms with Crippen molar-refractivity contribution in [3.05, 3.63) is 190 Å². The summed E-state index contributed by atoms with van der Waals surface area (Å²) in [5, 5.41) is 21.0. The van der Waals surface area contributed by atoms with Crippen molar-refractivity contribution >= 4 is 156 Å². The Hall–Kier alpha value is -10.8. The van der Waals surface area contributed by atoms with Gasteiger partial charge >= 0.3 is 0 Å². The topological polar surface area (TPSA) is 366 Å². The van der Waals surface area contributed by atoms with Crippen LogP contribution in [-0.4, -0.2) is 192 Å². The fourth-order valence-corrected chi connectivity index (χ4v) is 24.3. The highest BCUT2D eigenvalue weighted by Gasteiger charge is 2.37. The molecule has 6 aliphatic heterocycles. The maximum Gasteiger partial charge on any atom is 0.263 e. The fraction of sp³-hybridized carbons (Fsp3) is 0.454. The Morgan fingerprint density at radius 2 is 0.775 bits per heavy atom. The zero-order valence-corrected chi connectivity index (χ0v) is 76.9. The van der Waals surface area contributed by atoms with Crippen molar-refractivity contribution in [1.82, 2.24) is 66.8 Å². The molecule has 0 spiro atoms. The number of nitrogens with two attached hydrogens (primary N) is 4. The number of halogens is 1. The Kier molecular flexibility index (Phi) is 26.0. The summed E-state index contributed by atoms with van der Waals surface area (Å²) in [6.45, 7) is 18.2. The summed E-state index contributed by atoms with van der Waals surface area (Å²) in [7, 11) is 0. The molecule has 14 heterocycles. The van der Waals surface area contributed by atoms with Gasteiger partial charge in [0.25, 0.3) is 23.6 Å². The third-order valence-electron chi connectivity index (χ3n) is 27.0. The standard InChI is InChI=1S/C26H30N4O2S.C25H29N5O2S.C23H27FN6OS.C23H28N6OS/c1-15-5-10-22-23(27)24(33-26(22)28-15)25(31)29-18-8-6-17-12-19(9-7-16(17)11-18)30-13-20-3-2-4-21(14-30)32-20;1-14-11-27-22-21(26)23(33-25(22)28-14)24(31)29-17-7-5-16-10-18(8-6-15(16)9-17)30-12-19-3-2-4-20(13-30)32-19;1-13-10-27-20-19(25)21(32-23(20)28-13)22(31)29-17-4-2-15-9-18(5-3-14(15)8-17)30-7-6-26-11-16(24)12-30;1-14-26-13-19-20(24)21(31-23(19)27-14)22(30)28-17-5-3-16-12-18(6-4-15(16)11-17)29-9-2-7-25-8-10-29/h5,7,9-10,12,18,20-21H,2-4,6,8,11,13-14,27H2,1H3,(H,29,31);6,8,10-11,17,19-20H,2-5,7,9,12-13,26H2,1H3,(H,29,31);3,5,9-10,16-17,26H,2,4,6-8,11-12,25H2,1H3,(H,29,31);4,6,12-13,17,25H,2-3,5,7-11,24H2,1H3,(H,28,30)/t18-,20?,21?;17-,19?,20?;16-,17+;17-/m1111/s1. The first-order valence-electron chi connectivity index (χ1n) is 45.9. The Bertz CT molecular complexity index is 6000. The summed E-state index contributed by atoms with van der Waals surface area (Å²) in [6.07, 6.45) is 25.0. The lowest BCUT2D eigenvalue weighted by atomic mass is 9.87. The summed E-state index contributed by atoms with van der Waals surface area (Å²) >= 11 is 5.33. The third kappa shape index (κ3) is 19.7. The fourth-order valence-electron chi connectivity index (χ4n) is 20.2. The predicted octanol–water partition coefficient (Wildman–Crippen LogP) is 13.1. The molecule has 8 aromatic heterocycles. The van der Waals surface area contributed by atoms with Crippen LogP contribution >= 0.6 is 45.3 Å². The monoisotopic (exact) mass is 1820 g/mol. The van der Waals surface area contributed by atoms with Gasteiger partial charge < -0.3 is 83.9 Å². The van der Waals surface area contributed by atoms with E-state index in [1.54, 1.807) is 18.6 Å². The normalized spacial score (nSPS) is 22.4. The minimum atomic E-state index is -0.858. The van der Waals surface area contributed by atoms with Crippen LogP contribution in [0.1, 0.15) is 177 Å². The Morgan fingerprint density at radius 3 is 1.23 bits per heavy atom. The molecule has 14 N–H and O–H groups in total. The van der Waals surface area contributed by atoms with Crippen molar-refractivity contribution in [2.45, 2.75) is 204 Å². The zero-order valence-electron chi connectivity index (χ0n) is 73.6. The van der Waals surface area contributed by atoms with Gasteiger partial charge in [-0.3, -0.25) is 19.2 Å². The average Bonchev–Trinajstić information content (AvgIpc) is 1.77. The minimum Gasteiger partial charge on any atom is -0.397 e. The summed E-state index contributed by atoms with van der Waals surface area (Å²) in [5.41, 5.74) is 46.3. The number of hydrogen-bond donors (Lipinski definition) is 10. The molecule has 0 radical (unpaired) electrons. The van der Waals surface area contributed by atoms with Crippen LogP contribution in [0, 0.1) is 27.7 Å². The Morgan fingerprint density at radius 1 is 0.388 bits per heavy atom. The van der Waals surface area contributed by atoms with E-state index < -0.39 is 6.17 Å². The largest absolute Gasteiger partial charge is 0.397 e. The van der Waals surface area contributed by atoms with E-state index in [0.29, 0.717) is 106 Å². The number of amides is 4. The molecule has 129 heavy (non-hydrogen) atoms. The second-order valence-electron chi connectivity index (χ2n) is 36.4. The number of alkyl halides is 1. The number of rotatable bonds is 12. The molecule has 10 aliphatic rings. The first-order valence-corrected chi connectivity index (χ1v) is 49.2. The predicted molar refractivity (Wildman–Crippen MR) is 516 cm³/mol. The molecule has 32 heteroatoms. The number of carbonyl (C=O) groups excluding carboxylic acids is 4. The lowest BCUT2D eigenvalue weighted by Crippen LogP contribution is -2.50. The maximum absolute atomic E-state index is 14.0. The molecule has 6 fully saturated rings. The summed E-state index contributed by atoms with van der Waals surface area (Å²) < 4.78 is 26.2. The molecular weight excluding hydrogens is 1700 g/mol. The van der Waals surface area contributed by atoms with Gasteiger partial charge in [-0.2, -0.15) is 0 Å². The summed E-state index contributed by atoms with van der Waals surface area (Å²) in [5.74, 6) is 0.194. The number of thiophene rings is 4. The van der Waals surface area contributed by atoms with E-state index in [1.807, 2.05) is 39.8 Å². The summed E-state index contributed by atoms with van der Waals surface area (Å²) in [6, 6.07) is 31.2. The van der Waals surface area contributed by atoms with E-state index in [2.05, 4.69) is 159 Å². The molecule has 6 saturated heterocycles. The molecule has 0 saturated carbocycles. The third-order valence-corrected chi connectivity index (χ3v) is 31.4. The molecule has 4 unspecified atom stereocenters. The highest BCUT2D eigenvalue weighted by atomic mass is 32.1. The van der Waals surface area contributed by atoms with Crippen LogP contribution < -0.4 is 74.4 Å². The second kappa shape index (κ2) is 38.3. The van der Waals surface area contributed by atoms with Crippen molar-refractivity contribution < 1.29 is 33.0 Å². The van der Waals surface area contributed by atoms with E-state index in [-0.39, 0.29) is 47.8 Å². The number of carbonyl (C=O) groups is 4. The molecule has 12 aromatic rings.